The molecule has 8 heteroatoms. The van der Waals surface area contributed by atoms with Gasteiger partial charge in [-0.25, -0.2) is 4.98 Å². The van der Waals surface area contributed by atoms with Gasteiger partial charge in [0, 0.05) is 25.8 Å². The molecule has 1 aliphatic rings. The van der Waals surface area contributed by atoms with Crippen molar-refractivity contribution in [3.8, 4) is 10.4 Å². The summed E-state index contributed by atoms with van der Waals surface area (Å²) < 4.78 is 5.47. The average Bonchev–Trinajstić information content (AvgIpc) is 3.14. The largest absolute Gasteiger partial charge is 0.361 e. The number of anilines is 1. The van der Waals surface area contributed by atoms with E-state index in [-0.39, 0.29) is 5.60 Å². The zero-order chi connectivity index (χ0) is 20.9. The Hall–Kier alpha value is -1.55. The van der Waals surface area contributed by atoms with E-state index in [0.717, 1.165) is 36.4 Å². The van der Waals surface area contributed by atoms with Crippen molar-refractivity contribution >= 4 is 16.5 Å². The maximum absolute atomic E-state index is 10.5. The third-order valence-electron chi connectivity index (χ3n) is 4.86. The molecule has 0 radical (unpaired) electrons. The summed E-state index contributed by atoms with van der Waals surface area (Å²) >= 11 is 1.53. The lowest BCUT2D eigenvalue weighted by molar-refractivity contribution is -0.182. The fraction of sp³-hybridized carbons (Fsp3) is 0.571. The molecule has 29 heavy (non-hydrogen) atoms. The fourth-order valence-corrected chi connectivity index (χ4v) is 4.16. The van der Waals surface area contributed by atoms with Crippen LogP contribution in [-0.2, 0) is 4.74 Å². The standard InChI is InChI=1S/C21H32N4O3S/c1-21(2,3)28-20(27)23-13-15-9-11-25(12-10-15)19(26)24-18-22-14-17(29-18)16-7-5-4-6-8-16/h4-8,14-15,19-20,23,26-27H,9-13H2,1-3H3,(H,22,24). The van der Waals surface area contributed by atoms with Gasteiger partial charge in [-0.2, -0.15) is 0 Å². The Morgan fingerprint density at radius 2 is 1.90 bits per heavy atom. The van der Waals surface area contributed by atoms with Crippen LogP contribution >= 0.6 is 11.3 Å². The molecule has 0 amide bonds. The SMILES string of the molecule is CC(C)(C)OC(O)NCC1CCN(C(O)Nc2ncc(-c3ccccc3)s2)CC1. The molecule has 1 aromatic heterocycles. The average molecular weight is 421 g/mol. The minimum Gasteiger partial charge on any atom is -0.361 e. The lowest BCUT2D eigenvalue weighted by atomic mass is 9.97. The van der Waals surface area contributed by atoms with Crippen LogP contribution in [0.15, 0.2) is 36.5 Å². The molecule has 2 heterocycles. The van der Waals surface area contributed by atoms with E-state index in [1.165, 1.54) is 11.3 Å². The first-order valence-electron chi connectivity index (χ1n) is 10.1. The number of piperidine rings is 1. The normalized spacial score (nSPS) is 18.5. The van der Waals surface area contributed by atoms with Crippen molar-refractivity contribution in [3.05, 3.63) is 36.5 Å². The molecular formula is C21H32N4O3S. The molecule has 7 nitrogen and oxygen atoms in total. The van der Waals surface area contributed by atoms with Crippen LogP contribution in [0.5, 0.6) is 0 Å². The lowest BCUT2D eigenvalue weighted by Gasteiger charge is -2.35. The van der Waals surface area contributed by atoms with E-state index in [2.05, 4.69) is 27.8 Å². The van der Waals surface area contributed by atoms with E-state index in [1.807, 2.05) is 50.1 Å². The van der Waals surface area contributed by atoms with E-state index in [1.54, 1.807) is 0 Å². The predicted octanol–water partition coefficient (Wildman–Crippen LogP) is 2.89. The van der Waals surface area contributed by atoms with Crippen molar-refractivity contribution in [2.45, 2.75) is 52.0 Å². The van der Waals surface area contributed by atoms with Crippen molar-refractivity contribution in [2.24, 2.45) is 5.92 Å². The van der Waals surface area contributed by atoms with Crippen LogP contribution in [0.1, 0.15) is 33.6 Å². The van der Waals surface area contributed by atoms with Crippen LogP contribution in [-0.4, -0.2) is 58.1 Å². The highest BCUT2D eigenvalue weighted by Crippen LogP contribution is 2.29. The van der Waals surface area contributed by atoms with Gasteiger partial charge in [-0.05, 0) is 45.1 Å². The molecule has 2 atom stereocenters. The maximum Gasteiger partial charge on any atom is 0.214 e. The molecule has 0 bridgehead atoms. The van der Waals surface area contributed by atoms with Crippen LogP contribution < -0.4 is 10.6 Å². The number of hydrogen-bond donors (Lipinski definition) is 4. The second-order valence-electron chi connectivity index (χ2n) is 8.38. The van der Waals surface area contributed by atoms with Gasteiger partial charge in [-0.15, -0.1) is 0 Å². The molecule has 1 aliphatic heterocycles. The van der Waals surface area contributed by atoms with Crippen LogP contribution in [0.2, 0.25) is 0 Å². The first-order valence-corrected chi connectivity index (χ1v) is 10.9. The summed E-state index contributed by atoms with van der Waals surface area (Å²) in [6, 6.07) is 10.1. The number of thiazole rings is 1. The number of aromatic nitrogens is 1. The lowest BCUT2D eigenvalue weighted by Crippen LogP contribution is -2.47. The molecule has 1 saturated heterocycles. The molecule has 3 rings (SSSR count). The van der Waals surface area contributed by atoms with Crippen molar-refractivity contribution in [1.29, 1.82) is 0 Å². The predicted molar refractivity (Wildman–Crippen MR) is 116 cm³/mol. The molecule has 160 valence electrons. The topological polar surface area (TPSA) is 89.9 Å². The van der Waals surface area contributed by atoms with Crippen molar-refractivity contribution in [1.82, 2.24) is 15.2 Å². The first kappa shape index (κ1) is 22.1. The summed E-state index contributed by atoms with van der Waals surface area (Å²) in [7, 11) is 0. The van der Waals surface area contributed by atoms with Gasteiger partial charge < -0.3 is 20.3 Å². The minimum atomic E-state index is -0.955. The third kappa shape index (κ3) is 7.02. The minimum absolute atomic E-state index is 0.387. The summed E-state index contributed by atoms with van der Waals surface area (Å²) in [6.45, 7) is 8.00. The molecule has 0 saturated carbocycles. The van der Waals surface area contributed by atoms with Gasteiger partial charge in [-0.1, -0.05) is 41.7 Å². The van der Waals surface area contributed by atoms with Gasteiger partial charge in [-0.3, -0.25) is 10.2 Å². The zero-order valence-corrected chi connectivity index (χ0v) is 18.2. The van der Waals surface area contributed by atoms with E-state index >= 15 is 0 Å². The summed E-state index contributed by atoms with van der Waals surface area (Å²) in [5.41, 5.74) is 0.736. The Morgan fingerprint density at radius 3 is 2.55 bits per heavy atom. The van der Waals surface area contributed by atoms with Gasteiger partial charge in [0.15, 0.2) is 11.5 Å². The van der Waals surface area contributed by atoms with Gasteiger partial charge >= 0.3 is 0 Å². The highest BCUT2D eigenvalue weighted by atomic mass is 32.1. The van der Waals surface area contributed by atoms with Gasteiger partial charge in [0.1, 0.15) is 0 Å². The maximum atomic E-state index is 10.5. The zero-order valence-electron chi connectivity index (χ0n) is 17.3. The smallest absolute Gasteiger partial charge is 0.214 e. The van der Waals surface area contributed by atoms with Gasteiger partial charge in [0.05, 0.1) is 10.5 Å². The van der Waals surface area contributed by atoms with Crippen LogP contribution in [0.3, 0.4) is 0 Å². The van der Waals surface area contributed by atoms with Crippen LogP contribution in [0.25, 0.3) is 10.4 Å². The molecule has 0 aliphatic carbocycles. The monoisotopic (exact) mass is 420 g/mol. The Morgan fingerprint density at radius 1 is 1.21 bits per heavy atom. The molecule has 0 spiro atoms. The van der Waals surface area contributed by atoms with Crippen LogP contribution in [0.4, 0.5) is 5.13 Å². The summed E-state index contributed by atoms with van der Waals surface area (Å²) in [6.07, 6.45) is 2.01. The van der Waals surface area contributed by atoms with E-state index < -0.39 is 12.8 Å². The number of aliphatic hydroxyl groups is 2. The number of hydrogen-bond acceptors (Lipinski definition) is 8. The number of ether oxygens (including phenoxy) is 1. The highest BCUT2D eigenvalue weighted by Gasteiger charge is 2.25. The van der Waals surface area contributed by atoms with E-state index in [9.17, 15) is 10.2 Å². The Balaban J connectivity index is 1.41. The number of likely N-dealkylation sites (tertiary alicyclic amines) is 1. The molecule has 1 aromatic carbocycles. The quantitative estimate of drug-likeness (QED) is 0.488. The number of aliphatic hydroxyl groups excluding tert-OH is 2. The number of nitrogens with zero attached hydrogens (tertiary/aromatic N) is 2. The molecule has 2 aromatic rings. The number of rotatable bonds is 8. The Labute approximate surface area is 176 Å². The fourth-order valence-electron chi connectivity index (χ4n) is 3.32. The summed E-state index contributed by atoms with van der Waals surface area (Å²) in [4.78, 5) is 7.48. The molecule has 2 unspecified atom stereocenters. The Bertz CT molecular complexity index is 742. The van der Waals surface area contributed by atoms with Crippen LogP contribution in [0, 0.1) is 5.92 Å². The number of benzene rings is 1. The summed E-state index contributed by atoms with van der Waals surface area (Å²) in [5.74, 6) is 0.446. The molecule has 1 fully saturated rings. The second-order valence-corrected chi connectivity index (χ2v) is 9.41. The van der Waals surface area contributed by atoms with Crippen molar-refractivity contribution < 1.29 is 14.9 Å². The van der Waals surface area contributed by atoms with Crippen molar-refractivity contribution in [2.75, 3.05) is 25.0 Å². The van der Waals surface area contributed by atoms with Gasteiger partial charge in [0.2, 0.25) is 6.41 Å². The highest BCUT2D eigenvalue weighted by molar-refractivity contribution is 7.18. The second kappa shape index (κ2) is 9.97. The van der Waals surface area contributed by atoms with Crippen molar-refractivity contribution in [3.63, 3.8) is 0 Å². The third-order valence-corrected chi connectivity index (χ3v) is 5.84. The Kier molecular flexibility index (Phi) is 7.61. The van der Waals surface area contributed by atoms with Gasteiger partial charge in [0.25, 0.3) is 0 Å². The summed E-state index contributed by atoms with van der Waals surface area (Å²) in [5, 5.41) is 27.3. The molecule has 4 N–H and O–H groups in total. The first-order chi connectivity index (χ1) is 13.8. The molecular weight excluding hydrogens is 388 g/mol. The van der Waals surface area contributed by atoms with E-state index in [4.69, 9.17) is 4.74 Å². The number of nitrogens with one attached hydrogen (secondary N) is 2. The van der Waals surface area contributed by atoms with E-state index in [0.29, 0.717) is 17.6 Å².